The Morgan fingerprint density at radius 3 is 2.42 bits per heavy atom. The summed E-state index contributed by atoms with van der Waals surface area (Å²) in [7, 11) is 0. The maximum Gasteiger partial charge on any atom is 0.397 e. The monoisotopic (exact) mass is 382 g/mol. The van der Waals surface area contributed by atoms with Crippen LogP contribution in [0.25, 0.3) is 5.65 Å². The number of fused-ring (bicyclic) bond motifs is 1. The number of nitrogens with zero attached hydrogens (tertiary/aromatic N) is 3. The van der Waals surface area contributed by atoms with Crippen molar-refractivity contribution in [2.45, 2.75) is 25.4 Å². The lowest BCUT2D eigenvalue weighted by Crippen LogP contribution is -2.36. The lowest BCUT2D eigenvalue weighted by Gasteiger charge is -2.28. The molecule has 0 fully saturated rings. The van der Waals surface area contributed by atoms with Gasteiger partial charge in [-0.05, 0) is 31.5 Å². The van der Waals surface area contributed by atoms with Crippen LogP contribution in [0, 0.1) is 0 Å². The Kier molecular flexibility index (Phi) is 4.39. The van der Waals surface area contributed by atoms with Crippen molar-refractivity contribution in [1.29, 1.82) is 0 Å². The Labute approximate surface area is 151 Å². The zero-order chi connectivity index (χ0) is 19.1. The van der Waals surface area contributed by atoms with Crippen LogP contribution in [-0.4, -0.2) is 26.7 Å². The number of carbonyl (C=O) groups is 1. The molecule has 9 heteroatoms. The highest BCUT2D eigenvalue weighted by Crippen LogP contribution is 2.40. The smallest absolute Gasteiger partial charge is 0.306 e. The van der Waals surface area contributed by atoms with E-state index in [1.807, 2.05) is 0 Å². The zero-order valence-corrected chi connectivity index (χ0v) is 14.6. The van der Waals surface area contributed by atoms with E-state index in [0.717, 1.165) is 13.8 Å². The van der Waals surface area contributed by atoms with Crippen LogP contribution in [0.15, 0.2) is 42.6 Å². The number of hydrogen-bond acceptors (Lipinski definition) is 3. The number of halogens is 4. The number of rotatable bonds is 3. The summed E-state index contributed by atoms with van der Waals surface area (Å²) < 4.78 is 40.7. The fourth-order valence-electron chi connectivity index (χ4n) is 2.33. The van der Waals surface area contributed by atoms with Crippen LogP contribution in [0.1, 0.15) is 29.8 Å². The molecule has 26 heavy (non-hydrogen) atoms. The first-order valence-corrected chi connectivity index (χ1v) is 7.96. The SMILES string of the molecule is CC(C)(c1ccc(C(=O)Nc2cc(Cl)n3nccc3n2)cc1)C(F)(F)F. The fraction of sp³-hybridized carbons (Fsp3) is 0.235. The average Bonchev–Trinajstić information content (AvgIpc) is 3.03. The molecule has 0 unspecified atom stereocenters. The van der Waals surface area contributed by atoms with Crippen molar-refractivity contribution in [2.75, 3.05) is 5.32 Å². The molecule has 0 bridgehead atoms. The molecule has 136 valence electrons. The number of carbonyl (C=O) groups excluding carboxylic acids is 1. The van der Waals surface area contributed by atoms with Crippen molar-refractivity contribution in [2.24, 2.45) is 0 Å². The molecule has 0 atom stereocenters. The molecular formula is C17H14ClF3N4O. The van der Waals surface area contributed by atoms with Crippen LogP contribution >= 0.6 is 11.6 Å². The molecule has 0 saturated carbocycles. The van der Waals surface area contributed by atoms with E-state index >= 15 is 0 Å². The second-order valence-corrected chi connectivity index (χ2v) is 6.61. The highest BCUT2D eigenvalue weighted by molar-refractivity contribution is 6.30. The van der Waals surface area contributed by atoms with Crippen molar-refractivity contribution >= 4 is 29.0 Å². The predicted octanol–water partition coefficient (Wildman–Crippen LogP) is 4.47. The highest BCUT2D eigenvalue weighted by atomic mass is 35.5. The minimum Gasteiger partial charge on any atom is -0.306 e. The number of alkyl halides is 3. The van der Waals surface area contributed by atoms with Crippen molar-refractivity contribution < 1.29 is 18.0 Å². The summed E-state index contributed by atoms with van der Waals surface area (Å²) in [5, 5.41) is 6.80. The van der Waals surface area contributed by atoms with Gasteiger partial charge in [-0.15, -0.1) is 0 Å². The standard InChI is InChI=1S/C17H14ClF3N4O/c1-16(2,17(19,20)21)11-5-3-10(4-6-11)15(26)24-13-9-12(18)25-14(23-13)7-8-22-25/h3-9H,1-2H3,(H,23,24,26). The third-order valence-electron chi connectivity index (χ3n) is 4.13. The highest BCUT2D eigenvalue weighted by Gasteiger charge is 2.48. The van der Waals surface area contributed by atoms with Gasteiger partial charge in [0.25, 0.3) is 5.91 Å². The van der Waals surface area contributed by atoms with E-state index in [0.29, 0.717) is 5.65 Å². The number of anilines is 1. The Balaban J connectivity index is 1.82. The van der Waals surface area contributed by atoms with Crippen LogP contribution in [-0.2, 0) is 5.41 Å². The Hall–Kier alpha value is -2.61. The van der Waals surface area contributed by atoms with E-state index < -0.39 is 17.5 Å². The van der Waals surface area contributed by atoms with Crippen molar-refractivity contribution in [3.05, 3.63) is 58.9 Å². The lowest BCUT2D eigenvalue weighted by atomic mass is 9.83. The van der Waals surface area contributed by atoms with E-state index in [4.69, 9.17) is 11.6 Å². The minimum absolute atomic E-state index is 0.0726. The van der Waals surface area contributed by atoms with Crippen LogP contribution in [0.3, 0.4) is 0 Å². The van der Waals surface area contributed by atoms with Gasteiger partial charge in [0, 0.05) is 17.7 Å². The molecule has 1 amide bonds. The van der Waals surface area contributed by atoms with Crippen LogP contribution < -0.4 is 5.32 Å². The van der Waals surface area contributed by atoms with Gasteiger partial charge in [0.15, 0.2) is 5.65 Å². The predicted molar refractivity (Wildman–Crippen MR) is 91.5 cm³/mol. The molecular weight excluding hydrogens is 369 g/mol. The molecule has 0 aliphatic heterocycles. The summed E-state index contributed by atoms with van der Waals surface area (Å²) in [6.45, 7) is 2.18. The third-order valence-corrected chi connectivity index (χ3v) is 4.40. The molecule has 2 aromatic heterocycles. The van der Waals surface area contributed by atoms with Gasteiger partial charge in [-0.3, -0.25) is 4.79 Å². The molecule has 5 nitrogen and oxygen atoms in total. The molecule has 0 spiro atoms. The van der Waals surface area contributed by atoms with Gasteiger partial charge in [-0.25, -0.2) is 9.50 Å². The molecule has 0 radical (unpaired) electrons. The molecule has 3 rings (SSSR count). The first kappa shape index (κ1) is 18.2. The van der Waals surface area contributed by atoms with Gasteiger partial charge in [0.1, 0.15) is 11.0 Å². The number of hydrogen-bond donors (Lipinski definition) is 1. The summed E-state index contributed by atoms with van der Waals surface area (Å²) in [5.41, 5.74) is -1.28. The van der Waals surface area contributed by atoms with E-state index in [9.17, 15) is 18.0 Å². The average molecular weight is 383 g/mol. The molecule has 3 aromatic rings. The van der Waals surface area contributed by atoms with Gasteiger partial charge in [0.05, 0.1) is 11.6 Å². The summed E-state index contributed by atoms with van der Waals surface area (Å²) in [4.78, 5) is 16.5. The maximum absolute atomic E-state index is 13.1. The van der Waals surface area contributed by atoms with Crippen LogP contribution in [0.5, 0.6) is 0 Å². The lowest BCUT2D eigenvalue weighted by molar-refractivity contribution is -0.180. The van der Waals surface area contributed by atoms with Crippen molar-refractivity contribution in [3.63, 3.8) is 0 Å². The summed E-state index contributed by atoms with van der Waals surface area (Å²) in [5.74, 6) is -0.290. The number of aromatic nitrogens is 3. The summed E-state index contributed by atoms with van der Waals surface area (Å²) >= 11 is 6.05. The molecule has 0 saturated heterocycles. The summed E-state index contributed by atoms with van der Waals surface area (Å²) in [6.07, 6.45) is -2.88. The molecule has 1 aromatic carbocycles. The first-order chi connectivity index (χ1) is 12.1. The summed E-state index contributed by atoms with van der Waals surface area (Å²) in [6, 6.07) is 8.33. The fourth-order valence-corrected chi connectivity index (χ4v) is 2.56. The van der Waals surface area contributed by atoms with Gasteiger partial charge in [-0.2, -0.15) is 18.3 Å². The Morgan fingerprint density at radius 1 is 1.15 bits per heavy atom. The van der Waals surface area contributed by atoms with Crippen molar-refractivity contribution in [1.82, 2.24) is 14.6 Å². The number of benzene rings is 1. The largest absolute Gasteiger partial charge is 0.397 e. The third kappa shape index (κ3) is 3.24. The normalized spacial score (nSPS) is 12.4. The number of nitrogens with one attached hydrogen (secondary N) is 1. The van der Waals surface area contributed by atoms with Gasteiger partial charge < -0.3 is 5.32 Å². The second-order valence-electron chi connectivity index (χ2n) is 6.22. The quantitative estimate of drug-likeness (QED) is 0.680. The van der Waals surface area contributed by atoms with Crippen LogP contribution in [0.2, 0.25) is 5.15 Å². The van der Waals surface area contributed by atoms with E-state index in [2.05, 4.69) is 15.4 Å². The van der Waals surface area contributed by atoms with Crippen molar-refractivity contribution in [3.8, 4) is 0 Å². The molecule has 0 aliphatic rings. The number of amides is 1. The molecule has 0 aliphatic carbocycles. The first-order valence-electron chi connectivity index (χ1n) is 7.58. The zero-order valence-electron chi connectivity index (χ0n) is 13.8. The molecule has 2 heterocycles. The van der Waals surface area contributed by atoms with E-state index in [1.54, 1.807) is 6.07 Å². The minimum atomic E-state index is -4.39. The van der Waals surface area contributed by atoms with Gasteiger partial charge in [-0.1, -0.05) is 23.7 Å². The van der Waals surface area contributed by atoms with Crippen LogP contribution in [0.4, 0.5) is 19.0 Å². The van der Waals surface area contributed by atoms with Gasteiger partial charge in [0.2, 0.25) is 0 Å². The Bertz CT molecular complexity index is 964. The van der Waals surface area contributed by atoms with E-state index in [-0.39, 0.29) is 22.1 Å². The van der Waals surface area contributed by atoms with E-state index in [1.165, 1.54) is 41.0 Å². The Morgan fingerprint density at radius 2 is 1.81 bits per heavy atom. The second kappa shape index (κ2) is 6.28. The molecule has 1 N–H and O–H groups in total. The topological polar surface area (TPSA) is 59.3 Å². The van der Waals surface area contributed by atoms with Gasteiger partial charge >= 0.3 is 6.18 Å². The maximum atomic E-state index is 13.1.